The maximum absolute atomic E-state index is 12.0. The summed E-state index contributed by atoms with van der Waals surface area (Å²) in [5.41, 5.74) is 0.616. The molecular formula is C17H20N4O3S. The minimum absolute atomic E-state index is 0.0729. The Balaban J connectivity index is 1.63. The van der Waals surface area contributed by atoms with E-state index in [1.165, 1.54) is 21.9 Å². The molecule has 1 N–H and O–H groups in total. The SMILES string of the molecule is CCc1cc(=O)n2nc(NCC(C)Oc3ccc(OC)cc3)sc2n1. The fourth-order valence-electron chi connectivity index (χ4n) is 2.27. The van der Waals surface area contributed by atoms with Crippen molar-refractivity contribution >= 4 is 21.4 Å². The van der Waals surface area contributed by atoms with Gasteiger partial charge >= 0.3 is 0 Å². The molecule has 0 aliphatic carbocycles. The quantitative estimate of drug-likeness (QED) is 0.698. The van der Waals surface area contributed by atoms with Crippen LogP contribution in [0.25, 0.3) is 4.96 Å². The summed E-state index contributed by atoms with van der Waals surface area (Å²) < 4.78 is 12.3. The minimum Gasteiger partial charge on any atom is -0.497 e. The lowest BCUT2D eigenvalue weighted by molar-refractivity contribution is 0.234. The number of aromatic nitrogens is 3. The molecular weight excluding hydrogens is 340 g/mol. The van der Waals surface area contributed by atoms with Gasteiger partial charge in [-0.15, -0.1) is 5.10 Å². The van der Waals surface area contributed by atoms with Gasteiger partial charge in [0.25, 0.3) is 5.56 Å². The molecule has 8 heteroatoms. The van der Waals surface area contributed by atoms with E-state index in [4.69, 9.17) is 9.47 Å². The molecule has 0 amide bonds. The molecule has 25 heavy (non-hydrogen) atoms. The van der Waals surface area contributed by atoms with Crippen molar-refractivity contribution in [2.75, 3.05) is 19.0 Å². The normalized spacial score (nSPS) is 12.1. The number of methoxy groups -OCH3 is 1. The first kappa shape index (κ1) is 17.2. The second-order valence-electron chi connectivity index (χ2n) is 5.53. The third-order valence-corrected chi connectivity index (χ3v) is 4.46. The number of rotatable bonds is 7. The summed E-state index contributed by atoms with van der Waals surface area (Å²) in [6.07, 6.45) is 0.648. The van der Waals surface area contributed by atoms with E-state index in [1.54, 1.807) is 7.11 Å². The smallest absolute Gasteiger partial charge is 0.275 e. The Labute approximate surface area is 149 Å². The second-order valence-corrected chi connectivity index (χ2v) is 6.48. The lowest BCUT2D eigenvalue weighted by Crippen LogP contribution is -2.23. The van der Waals surface area contributed by atoms with Crippen molar-refractivity contribution in [2.24, 2.45) is 0 Å². The van der Waals surface area contributed by atoms with Gasteiger partial charge in [0.05, 0.1) is 13.7 Å². The van der Waals surface area contributed by atoms with Crippen LogP contribution in [0.5, 0.6) is 11.5 Å². The Morgan fingerprint density at radius 2 is 2.00 bits per heavy atom. The van der Waals surface area contributed by atoms with E-state index in [1.807, 2.05) is 38.1 Å². The molecule has 0 radical (unpaired) electrons. The minimum atomic E-state index is -0.159. The summed E-state index contributed by atoms with van der Waals surface area (Å²) in [4.78, 5) is 17.0. The van der Waals surface area contributed by atoms with Crippen LogP contribution in [0.4, 0.5) is 5.13 Å². The summed E-state index contributed by atoms with van der Waals surface area (Å²) in [5.74, 6) is 1.56. The maximum Gasteiger partial charge on any atom is 0.275 e. The van der Waals surface area contributed by atoms with E-state index >= 15 is 0 Å². The Bertz CT molecular complexity index is 904. The molecule has 0 saturated heterocycles. The van der Waals surface area contributed by atoms with E-state index in [-0.39, 0.29) is 11.7 Å². The van der Waals surface area contributed by atoms with E-state index in [0.717, 1.165) is 23.6 Å². The Morgan fingerprint density at radius 3 is 2.68 bits per heavy atom. The summed E-state index contributed by atoms with van der Waals surface area (Å²) in [6.45, 7) is 4.49. The van der Waals surface area contributed by atoms with Crippen LogP contribution in [-0.4, -0.2) is 34.4 Å². The molecule has 0 fully saturated rings. The number of benzene rings is 1. The molecule has 3 rings (SSSR count). The molecule has 1 aromatic carbocycles. The molecule has 0 saturated carbocycles. The van der Waals surface area contributed by atoms with E-state index in [2.05, 4.69) is 15.4 Å². The number of anilines is 1. The predicted octanol–water partition coefficient (Wildman–Crippen LogP) is 2.60. The molecule has 1 atom stereocenters. The van der Waals surface area contributed by atoms with Gasteiger partial charge in [-0.2, -0.15) is 4.52 Å². The van der Waals surface area contributed by atoms with Crippen molar-refractivity contribution in [3.8, 4) is 11.5 Å². The van der Waals surface area contributed by atoms with Gasteiger partial charge < -0.3 is 14.8 Å². The van der Waals surface area contributed by atoms with Gasteiger partial charge in [0.15, 0.2) is 0 Å². The highest BCUT2D eigenvalue weighted by Gasteiger charge is 2.10. The van der Waals surface area contributed by atoms with Gasteiger partial charge in [-0.25, -0.2) is 4.98 Å². The van der Waals surface area contributed by atoms with Crippen LogP contribution in [0.2, 0.25) is 0 Å². The third kappa shape index (κ3) is 4.08. The topological polar surface area (TPSA) is 77.8 Å². The summed E-state index contributed by atoms with van der Waals surface area (Å²) >= 11 is 1.35. The molecule has 7 nitrogen and oxygen atoms in total. The maximum atomic E-state index is 12.0. The van der Waals surface area contributed by atoms with Crippen molar-refractivity contribution in [3.63, 3.8) is 0 Å². The van der Waals surface area contributed by atoms with Crippen LogP contribution in [0.3, 0.4) is 0 Å². The van der Waals surface area contributed by atoms with Gasteiger partial charge in [-0.1, -0.05) is 18.3 Å². The first-order valence-corrected chi connectivity index (χ1v) is 8.85. The number of nitrogens with zero attached hydrogens (tertiary/aromatic N) is 3. The Morgan fingerprint density at radius 1 is 1.28 bits per heavy atom. The Hall–Kier alpha value is -2.61. The summed E-state index contributed by atoms with van der Waals surface area (Å²) in [7, 11) is 1.63. The number of fused-ring (bicyclic) bond motifs is 1. The highest BCUT2D eigenvalue weighted by Crippen LogP contribution is 2.19. The lowest BCUT2D eigenvalue weighted by Gasteiger charge is -2.15. The van der Waals surface area contributed by atoms with Crippen molar-refractivity contribution in [1.29, 1.82) is 0 Å². The van der Waals surface area contributed by atoms with Crippen LogP contribution in [0.1, 0.15) is 19.5 Å². The van der Waals surface area contributed by atoms with Crippen LogP contribution >= 0.6 is 11.3 Å². The zero-order chi connectivity index (χ0) is 17.8. The van der Waals surface area contributed by atoms with Gasteiger partial charge in [0, 0.05) is 11.8 Å². The molecule has 2 heterocycles. The van der Waals surface area contributed by atoms with Gasteiger partial charge in [-0.3, -0.25) is 4.79 Å². The van der Waals surface area contributed by atoms with Gasteiger partial charge in [0.1, 0.15) is 17.6 Å². The summed E-state index contributed by atoms with van der Waals surface area (Å²) in [5, 5.41) is 8.11. The Kier molecular flexibility index (Phi) is 5.18. The average Bonchev–Trinajstić information content (AvgIpc) is 3.04. The molecule has 0 bridgehead atoms. The highest BCUT2D eigenvalue weighted by molar-refractivity contribution is 7.20. The van der Waals surface area contributed by atoms with Crippen molar-refractivity contribution in [2.45, 2.75) is 26.4 Å². The zero-order valence-corrected chi connectivity index (χ0v) is 15.2. The molecule has 132 valence electrons. The third-order valence-electron chi connectivity index (χ3n) is 3.60. The molecule has 3 aromatic rings. The molecule has 0 aliphatic rings. The van der Waals surface area contributed by atoms with Gasteiger partial charge in [0.2, 0.25) is 10.1 Å². The fraction of sp³-hybridized carbons (Fsp3) is 0.353. The van der Waals surface area contributed by atoms with E-state index in [9.17, 15) is 4.79 Å². The number of hydrogen-bond donors (Lipinski definition) is 1. The number of hydrogen-bond acceptors (Lipinski definition) is 7. The van der Waals surface area contributed by atoms with Crippen molar-refractivity contribution < 1.29 is 9.47 Å². The fourth-order valence-corrected chi connectivity index (χ4v) is 3.10. The van der Waals surface area contributed by atoms with Crippen LogP contribution in [0.15, 0.2) is 35.1 Å². The van der Waals surface area contributed by atoms with E-state index in [0.29, 0.717) is 16.6 Å². The lowest BCUT2D eigenvalue weighted by atomic mass is 10.3. The largest absolute Gasteiger partial charge is 0.497 e. The van der Waals surface area contributed by atoms with E-state index < -0.39 is 0 Å². The standard InChI is InChI=1S/C17H20N4O3S/c1-4-12-9-15(22)21-17(19-12)25-16(20-21)18-10-11(2)24-14-7-5-13(23-3)6-8-14/h5-9,11H,4,10H2,1-3H3,(H,18,20). The average molecular weight is 360 g/mol. The highest BCUT2D eigenvalue weighted by atomic mass is 32.1. The van der Waals surface area contributed by atoms with Crippen LogP contribution in [0, 0.1) is 0 Å². The number of ether oxygens (including phenoxy) is 2. The molecule has 2 aromatic heterocycles. The van der Waals surface area contributed by atoms with Gasteiger partial charge in [-0.05, 0) is 37.6 Å². The number of nitrogens with one attached hydrogen (secondary N) is 1. The second kappa shape index (κ2) is 7.52. The number of aryl methyl sites for hydroxylation is 1. The van der Waals surface area contributed by atoms with Crippen LogP contribution in [-0.2, 0) is 6.42 Å². The van der Waals surface area contributed by atoms with Crippen molar-refractivity contribution in [1.82, 2.24) is 14.6 Å². The monoisotopic (exact) mass is 360 g/mol. The van der Waals surface area contributed by atoms with Crippen LogP contribution < -0.4 is 20.3 Å². The molecule has 0 aliphatic heterocycles. The zero-order valence-electron chi connectivity index (χ0n) is 14.4. The predicted molar refractivity (Wildman–Crippen MR) is 98.1 cm³/mol. The first-order chi connectivity index (χ1) is 12.1. The first-order valence-electron chi connectivity index (χ1n) is 8.03. The summed E-state index contributed by atoms with van der Waals surface area (Å²) in [6, 6.07) is 8.95. The molecule has 0 spiro atoms. The molecule has 1 unspecified atom stereocenters. The van der Waals surface area contributed by atoms with Crippen molar-refractivity contribution in [3.05, 3.63) is 46.4 Å².